The Bertz CT molecular complexity index is 439. The van der Waals surface area contributed by atoms with Crippen LogP contribution in [0.2, 0.25) is 0 Å². The number of carbonyl (C=O) groups is 2. The first-order chi connectivity index (χ1) is 7.55. The van der Waals surface area contributed by atoms with Crippen LogP contribution in [0.3, 0.4) is 0 Å². The van der Waals surface area contributed by atoms with Crippen molar-refractivity contribution in [2.45, 2.75) is 12.8 Å². The first-order valence-corrected chi connectivity index (χ1v) is 6.47. The number of halogens is 1. The Kier molecular flexibility index (Phi) is 3.03. The largest absolute Gasteiger partial charge is 0.481 e. The standard InChI is InChI=1S/C10H10BrNO3S/c11-6-1-4-16-7(6)8(13)12-5-10(2-3-10)9(14)15/h1,4H,2-3,5H2,(H,12,13)(H,14,15). The van der Waals surface area contributed by atoms with Crippen molar-refractivity contribution in [2.75, 3.05) is 6.54 Å². The van der Waals surface area contributed by atoms with Crippen molar-refractivity contribution < 1.29 is 14.7 Å². The average Bonchev–Trinajstić information content (AvgIpc) is 2.92. The normalized spacial score (nSPS) is 16.8. The van der Waals surface area contributed by atoms with Gasteiger partial charge in [0.1, 0.15) is 4.88 Å². The van der Waals surface area contributed by atoms with Crippen molar-refractivity contribution in [1.82, 2.24) is 5.32 Å². The number of thiophene rings is 1. The molecule has 0 atom stereocenters. The summed E-state index contributed by atoms with van der Waals surface area (Å²) < 4.78 is 0.746. The highest BCUT2D eigenvalue weighted by Crippen LogP contribution is 2.45. The minimum Gasteiger partial charge on any atom is -0.481 e. The second kappa shape index (κ2) is 4.18. The molecule has 1 aliphatic rings. The topological polar surface area (TPSA) is 66.4 Å². The minimum absolute atomic E-state index is 0.214. The third-order valence-electron chi connectivity index (χ3n) is 2.72. The van der Waals surface area contributed by atoms with Gasteiger partial charge in [-0.2, -0.15) is 0 Å². The van der Waals surface area contributed by atoms with Crippen LogP contribution in [0.25, 0.3) is 0 Å². The summed E-state index contributed by atoms with van der Waals surface area (Å²) in [4.78, 5) is 23.2. The predicted octanol–water partition coefficient (Wildman–Crippen LogP) is 2.11. The van der Waals surface area contributed by atoms with Crippen LogP contribution < -0.4 is 5.32 Å². The van der Waals surface area contributed by atoms with Gasteiger partial charge < -0.3 is 10.4 Å². The lowest BCUT2D eigenvalue weighted by molar-refractivity contribution is -0.143. The summed E-state index contributed by atoms with van der Waals surface area (Å²) in [5, 5.41) is 13.4. The van der Waals surface area contributed by atoms with E-state index in [9.17, 15) is 9.59 Å². The number of carboxylic acid groups (broad SMARTS) is 1. The lowest BCUT2D eigenvalue weighted by Gasteiger charge is -2.10. The third-order valence-corrected chi connectivity index (χ3v) is 4.55. The zero-order valence-electron chi connectivity index (χ0n) is 8.33. The Balaban J connectivity index is 1.95. The Morgan fingerprint density at radius 1 is 1.56 bits per heavy atom. The van der Waals surface area contributed by atoms with Crippen molar-refractivity contribution >= 4 is 39.1 Å². The molecule has 86 valence electrons. The van der Waals surface area contributed by atoms with E-state index >= 15 is 0 Å². The van der Waals surface area contributed by atoms with Crippen LogP contribution in [0.4, 0.5) is 0 Å². The van der Waals surface area contributed by atoms with Gasteiger partial charge in [0.2, 0.25) is 0 Å². The fourth-order valence-electron chi connectivity index (χ4n) is 1.40. The number of hydrogen-bond donors (Lipinski definition) is 2. The summed E-state index contributed by atoms with van der Waals surface area (Å²) in [6, 6.07) is 1.80. The molecule has 2 rings (SSSR count). The molecule has 1 fully saturated rings. The third kappa shape index (κ3) is 2.12. The number of carbonyl (C=O) groups excluding carboxylic acids is 1. The van der Waals surface area contributed by atoms with Crippen LogP contribution in [0.15, 0.2) is 15.9 Å². The molecule has 1 aliphatic carbocycles. The molecule has 1 saturated carbocycles. The van der Waals surface area contributed by atoms with E-state index < -0.39 is 11.4 Å². The molecule has 0 bridgehead atoms. The highest BCUT2D eigenvalue weighted by Gasteiger charge is 2.50. The molecule has 1 aromatic heterocycles. The summed E-state index contributed by atoms with van der Waals surface area (Å²) in [7, 11) is 0. The lowest BCUT2D eigenvalue weighted by atomic mass is 10.1. The van der Waals surface area contributed by atoms with Gasteiger partial charge in [0, 0.05) is 11.0 Å². The molecular formula is C10H10BrNO3S. The molecule has 16 heavy (non-hydrogen) atoms. The fourth-order valence-corrected chi connectivity index (χ4v) is 2.87. The number of nitrogens with one attached hydrogen (secondary N) is 1. The maximum Gasteiger partial charge on any atom is 0.311 e. The molecule has 1 aromatic rings. The highest BCUT2D eigenvalue weighted by molar-refractivity contribution is 9.10. The summed E-state index contributed by atoms with van der Waals surface area (Å²) in [5.74, 6) is -1.03. The molecule has 0 radical (unpaired) electrons. The summed E-state index contributed by atoms with van der Waals surface area (Å²) in [6.07, 6.45) is 1.29. The quantitative estimate of drug-likeness (QED) is 0.895. The molecule has 6 heteroatoms. The van der Waals surface area contributed by atoms with E-state index in [2.05, 4.69) is 21.2 Å². The lowest BCUT2D eigenvalue weighted by Crippen LogP contribution is -2.33. The van der Waals surface area contributed by atoms with Crippen LogP contribution in [0.5, 0.6) is 0 Å². The van der Waals surface area contributed by atoms with E-state index in [1.54, 1.807) is 6.07 Å². The number of aliphatic carboxylic acids is 1. The van der Waals surface area contributed by atoms with Crippen molar-refractivity contribution in [1.29, 1.82) is 0 Å². The van der Waals surface area contributed by atoms with Crippen molar-refractivity contribution in [3.63, 3.8) is 0 Å². The van der Waals surface area contributed by atoms with E-state index in [4.69, 9.17) is 5.11 Å². The Labute approximate surface area is 105 Å². The second-order valence-corrected chi connectivity index (χ2v) is 5.64. The van der Waals surface area contributed by atoms with E-state index in [1.165, 1.54) is 11.3 Å². The van der Waals surface area contributed by atoms with Gasteiger partial charge >= 0.3 is 5.97 Å². The first-order valence-electron chi connectivity index (χ1n) is 4.80. The fraction of sp³-hybridized carbons (Fsp3) is 0.400. The monoisotopic (exact) mass is 303 g/mol. The predicted molar refractivity (Wildman–Crippen MR) is 63.7 cm³/mol. The minimum atomic E-state index is -0.821. The van der Waals surface area contributed by atoms with Gasteiger partial charge in [-0.3, -0.25) is 9.59 Å². The van der Waals surface area contributed by atoms with Crippen molar-refractivity contribution in [2.24, 2.45) is 5.41 Å². The molecular weight excluding hydrogens is 294 g/mol. The van der Waals surface area contributed by atoms with Crippen molar-refractivity contribution in [3.05, 3.63) is 20.8 Å². The molecule has 0 saturated heterocycles. The van der Waals surface area contributed by atoms with E-state index in [0.29, 0.717) is 17.7 Å². The van der Waals surface area contributed by atoms with Crippen LogP contribution in [-0.4, -0.2) is 23.5 Å². The molecule has 0 unspecified atom stereocenters. The molecule has 0 aromatic carbocycles. The smallest absolute Gasteiger partial charge is 0.311 e. The van der Waals surface area contributed by atoms with Crippen LogP contribution in [-0.2, 0) is 4.79 Å². The number of amides is 1. The van der Waals surface area contributed by atoms with Gasteiger partial charge in [0.05, 0.1) is 5.41 Å². The van der Waals surface area contributed by atoms with E-state index in [-0.39, 0.29) is 12.5 Å². The van der Waals surface area contributed by atoms with Crippen LogP contribution in [0.1, 0.15) is 22.5 Å². The van der Waals surface area contributed by atoms with Crippen LogP contribution >= 0.6 is 27.3 Å². The van der Waals surface area contributed by atoms with Gasteiger partial charge in [-0.25, -0.2) is 0 Å². The number of rotatable bonds is 4. The first kappa shape index (κ1) is 11.6. The number of carboxylic acids is 1. The molecule has 2 N–H and O–H groups in total. The van der Waals surface area contributed by atoms with Gasteiger partial charge in [-0.15, -0.1) is 11.3 Å². The van der Waals surface area contributed by atoms with Gasteiger partial charge in [-0.1, -0.05) is 0 Å². The summed E-state index contributed by atoms with van der Waals surface area (Å²) in [5.41, 5.74) is -0.709. The van der Waals surface area contributed by atoms with Gasteiger partial charge in [0.15, 0.2) is 0 Å². The van der Waals surface area contributed by atoms with Gasteiger partial charge in [0.25, 0.3) is 5.91 Å². The SMILES string of the molecule is O=C(NCC1(C(=O)O)CC1)c1sccc1Br. The highest BCUT2D eigenvalue weighted by atomic mass is 79.9. The van der Waals surface area contributed by atoms with E-state index in [1.807, 2.05) is 5.38 Å². The zero-order valence-corrected chi connectivity index (χ0v) is 10.7. The molecule has 0 spiro atoms. The maximum absolute atomic E-state index is 11.7. The van der Waals surface area contributed by atoms with Gasteiger partial charge in [-0.05, 0) is 40.2 Å². The van der Waals surface area contributed by atoms with Crippen molar-refractivity contribution in [3.8, 4) is 0 Å². The summed E-state index contributed by atoms with van der Waals surface area (Å²) in [6.45, 7) is 0.214. The molecule has 1 heterocycles. The molecule has 1 amide bonds. The Morgan fingerprint density at radius 2 is 2.25 bits per heavy atom. The zero-order chi connectivity index (χ0) is 11.8. The second-order valence-electron chi connectivity index (χ2n) is 3.87. The van der Waals surface area contributed by atoms with E-state index in [0.717, 1.165) is 4.47 Å². The van der Waals surface area contributed by atoms with Crippen LogP contribution in [0, 0.1) is 5.41 Å². The molecule has 4 nitrogen and oxygen atoms in total. The summed E-state index contributed by atoms with van der Waals surface area (Å²) >= 11 is 4.60. The molecule has 0 aliphatic heterocycles. The Hall–Kier alpha value is -0.880. The maximum atomic E-state index is 11.7. The average molecular weight is 304 g/mol. The number of hydrogen-bond acceptors (Lipinski definition) is 3. The Morgan fingerprint density at radius 3 is 2.69 bits per heavy atom.